The zero-order valence-electron chi connectivity index (χ0n) is 15.2. The van der Waals surface area contributed by atoms with Gasteiger partial charge in [0.15, 0.2) is 11.6 Å². The van der Waals surface area contributed by atoms with Crippen molar-refractivity contribution in [3.05, 3.63) is 85.7 Å². The molecule has 3 rings (SSSR count). The molecule has 162 valence electrons. The van der Waals surface area contributed by atoms with Gasteiger partial charge in [-0.2, -0.15) is 8.78 Å². The summed E-state index contributed by atoms with van der Waals surface area (Å²) in [7, 11) is 0. The molecule has 11 heteroatoms. The summed E-state index contributed by atoms with van der Waals surface area (Å²) in [5.41, 5.74) is -0.0923. The average molecular weight is 555 g/mol. The number of hydrogen-bond donors (Lipinski definition) is 1. The van der Waals surface area contributed by atoms with Crippen molar-refractivity contribution < 1.29 is 40.3 Å². The predicted octanol–water partition coefficient (Wildman–Crippen LogP) is 6.54. The van der Waals surface area contributed by atoms with Crippen LogP contribution in [0.3, 0.4) is 0 Å². The van der Waals surface area contributed by atoms with Crippen LogP contribution in [0.4, 0.5) is 42.1 Å². The fourth-order valence-corrected chi connectivity index (χ4v) is 3.20. The number of rotatable bonds is 4. The van der Waals surface area contributed by atoms with Gasteiger partial charge in [-0.05, 0) is 59.3 Å². The largest absolute Gasteiger partial charge is 0.416 e. The first kappa shape index (κ1) is 22.8. The highest BCUT2D eigenvalue weighted by Crippen LogP contribution is 2.32. The number of aryl methyl sites for hydroxylation is 1. The third-order valence-corrected chi connectivity index (χ3v) is 4.77. The molecule has 0 amide bonds. The number of carbonyl (C=O) groups is 1. The van der Waals surface area contributed by atoms with Crippen LogP contribution in [0.25, 0.3) is 0 Å². The third kappa shape index (κ3) is 4.45. The minimum absolute atomic E-state index is 0.364. The van der Waals surface area contributed by atoms with Crippen LogP contribution >= 0.6 is 22.6 Å². The van der Waals surface area contributed by atoms with Gasteiger partial charge in [-0.3, -0.25) is 0 Å². The van der Waals surface area contributed by atoms with Gasteiger partial charge in [0.2, 0.25) is 34.8 Å². The highest BCUT2D eigenvalue weighted by atomic mass is 127. The van der Waals surface area contributed by atoms with Gasteiger partial charge in [0.1, 0.15) is 0 Å². The fraction of sp³-hybridized carbons (Fsp3) is 0.0500. The Morgan fingerprint density at radius 1 is 0.806 bits per heavy atom. The van der Waals surface area contributed by atoms with Crippen molar-refractivity contribution in [2.24, 2.45) is 0 Å². The van der Waals surface area contributed by atoms with E-state index in [4.69, 9.17) is 0 Å². The monoisotopic (exact) mass is 555 g/mol. The summed E-state index contributed by atoms with van der Waals surface area (Å²) in [4.78, 5) is 12.4. The number of halogens is 8. The molecule has 31 heavy (non-hydrogen) atoms. The molecule has 3 aromatic rings. The van der Waals surface area contributed by atoms with Crippen molar-refractivity contribution in [3.8, 4) is 5.75 Å². The molecule has 1 N–H and O–H groups in total. The number of anilines is 2. The van der Waals surface area contributed by atoms with E-state index in [1.165, 1.54) is 0 Å². The van der Waals surface area contributed by atoms with Gasteiger partial charge >= 0.3 is 5.97 Å². The number of nitrogens with one attached hydrogen (secondary N) is 1. The van der Waals surface area contributed by atoms with E-state index in [1.54, 1.807) is 25.1 Å². The number of benzene rings is 3. The first-order chi connectivity index (χ1) is 14.5. The Labute approximate surface area is 184 Å². The van der Waals surface area contributed by atoms with E-state index in [0.717, 1.165) is 3.57 Å². The molecule has 0 aliphatic heterocycles. The minimum atomic E-state index is -2.45. The van der Waals surface area contributed by atoms with Crippen molar-refractivity contribution >= 4 is 39.9 Å². The Balaban J connectivity index is 2.05. The van der Waals surface area contributed by atoms with Crippen molar-refractivity contribution in [3.63, 3.8) is 0 Å². The van der Waals surface area contributed by atoms with E-state index < -0.39 is 58.0 Å². The Morgan fingerprint density at radius 3 is 1.94 bits per heavy atom. The summed E-state index contributed by atoms with van der Waals surface area (Å²) < 4.78 is 100. The van der Waals surface area contributed by atoms with Crippen LogP contribution in [0.1, 0.15) is 15.9 Å². The standard InChI is InChI=1S/C20H9F7INO2/c1-7-4-8(28)2-3-12(7)29-13-6-11(22)10(21)5-9(13)20(30)31-19-17(26)15(24)14(23)16(25)18(19)27/h2-6,29H,1H3. The Bertz CT molecular complexity index is 1190. The van der Waals surface area contributed by atoms with Crippen molar-refractivity contribution in [2.75, 3.05) is 5.32 Å². The molecule has 0 aliphatic carbocycles. The highest BCUT2D eigenvalue weighted by Gasteiger charge is 2.30. The second-order valence-corrected chi connectivity index (χ2v) is 7.43. The molecule has 0 saturated heterocycles. The molecule has 0 heterocycles. The first-order valence-corrected chi connectivity index (χ1v) is 9.35. The molecule has 3 aromatic carbocycles. The maximum absolute atomic E-state index is 13.8. The van der Waals surface area contributed by atoms with Gasteiger partial charge in [-0.1, -0.05) is 0 Å². The number of hydrogen-bond acceptors (Lipinski definition) is 3. The third-order valence-electron chi connectivity index (χ3n) is 4.10. The second-order valence-electron chi connectivity index (χ2n) is 6.18. The zero-order valence-corrected chi connectivity index (χ0v) is 17.4. The van der Waals surface area contributed by atoms with Gasteiger partial charge in [-0.25, -0.2) is 26.7 Å². The van der Waals surface area contributed by atoms with Crippen LogP contribution in [-0.2, 0) is 0 Å². The number of carbonyl (C=O) groups excluding carboxylic acids is 1. The van der Waals surface area contributed by atoms with Gasteiger partial charge in [0, 0.05) is 15.3 Å². The molecule has 0 radical (unpaired) electrons. The van der Waals surface area contributed by atoms with Crippen molar-refractivity contribution in [1.29, 1.82) is 0 Å². The molecule has 0 aromatic heterocycles. The lowest BCUT2D eigenvalue weighted by atomic mass is 10.1. The van der Waals surface area contributed by atoms with Crippen LogP contribution in [-0.4, -0.2) is 5.97 Å². The Kier molecular flexibility index (Phi) is 6.43. The Hall–Kier alpha value is -2.83. The van der Waals surface area contributed by atoms with Crippen LogP contribution < -0.4 is 10.1 Å². The lowest BCUT2D eigenvalue weighted by Crippen LogP contribution is -2.16. The lowest BCUT2D eigenvalue weighted by molar-refractivity contribution is 0.0716. The van der Waals surface area contributed by atoms with Crippen LogP contribution in [0, 0.1) is 51.2 Å². The van der Waals surface area contributed by atoms with Crippen molar-refractivity contribution in [1.82, 2.24) is 0 Å². The lowest BCUT2D eigenvalue weighted by Gasteiger charge is -2.15. The van der Waals surface area contributed by atoms with E-state index in [-0.39, 0.29) is 5.69 Å². The van der Waals surface area contributed by atoms with Gasteiger partial charge in [-0.15, -0.1) is 0 Å². The molecule has 0 bridgehead atoms. The molecule has 0 fully saturated rings. The average Bonchev–Trinajstić information content (AvgIpc) is 2.72. The maximum Gasteiger partial charge on any atom is 0.345 e. The fourth-order valence-electron chi connectivity index (χ4n) is 2.55. The molecular formula is C20H9F7INO2. The molecule has 0 spiro atoms. The summed E-state index contributed by atoms with van der Waals surface area (Å²) in [5.74, 6) is -18.3. The van der Waals surface area contributed by atoms with E-state index in [2.05, 4.69) is 10.1 Å². The predicted molar refractivity (Wildman–Crippen MR) is 105 cm³/mol. The molecular weight excluding hydrogens is 546 g/mol. The molecule has 0 atom stereocenters. The first-order valence-electron chi connectivity index (χ1n) is 8.27. The zero-order chi connectivity index (χ0) is 23.0. The van der Waals surface area contributed by atoms with E-state index in [9.17, 15) is 35.5 Å². The van der Waals surface area contributed by atoms with E-state index in [0.29, 0.717) is 23.4 Å². The van der Waals surface area contributed by atoms with Crippen LogP contribution in [0.5, 0.6) is 5.75 Å². The molecule has 3 nitrogen and oxygen atoms in total. The van der Waals surface area contributed by atoms with Gasteiger partial charge < -0.3 is 10.1 Å². The van der Waals surface area contributed by atoms with Crippen LogP contribution in [0.15, 0.2) is 30.3 Å². The number of ether oxygens (including phenoxy) is 1. The summed E-state index contributed by atoms with van der Waals surface area (Å²) >= 11 is 2.04. The SMILES string of the molecule is Cc1cc(I)ccc1Nc1cc(F)c(F)cc1C(=O)Oc1c(F)c(F)c(F)c(F)c1F. The maximum atomic E-state index is 13.8. The Morgan fingerprint density at radius 2 is 1.35 bits per heavy atom. The highest BCUT2D eigenvalue weighted by molar-refractivity contribution is 14.1. The van der Waals surface area contributed by atoms with E-state index >= 15 is 0 Å². The summed E-state index contributed by atoms with van der Waals surface area (Å²) in [6.45, 7) is 1.68. The van der Waals surface area contributed by atoms with Gasteiger partial charge in [0.05, 0.1) is 11.3 Å². The topological polar surface area (TPSA) is 38.3 Å². The quantitative estimate of drug-likeness (QED) is 0.0994. The minimum Gasteiger partial charge on any atom is -0.416 e. The molecule has 0 saturated carbocycles. The summed E-state index contributed by atoms with van der Waals surface area (Å²) in [6.07, 6.45) is 0. The molecule has 0 aliphatic rings. The van der Waals surface area contributed by atoms with Gasteiger partial charge in [0.25, 0.3) is 0 Å². The normalized spacial score (nSPS) is 10.9. The summed E-state index contributed by atoms with van der Waals surface area (Å²) in [5, 5.41) is 2.66. The van der Waals surface area contributed by atoms with E-state index in [1.807, 2.05) is 22.6 Å². The molecule has 0 unspecified atom stereocenters. The number of esters is 1. The van der Waals surface area contributed by atoms with Crippen molar-refractivity contribution in [2.45, 2.75) is 6.92 Å². The smallest absolute Gasteiger partial charge is 0.345 e. The van der Waals surface area contributed by atoms with Crippen LogP contribution in [0.2, 0.25) is 0 Å². The second kappa shape index (κ2) is 8.73. The summed E-state index contributed by atoms with van der Waals surface area (Å²) in [6, 6.07) is 5.92.